The Morgan fingerprint density at radius 2 is 1.92 bits per heavy atom. The predicted molar refractivity (Wildman–Crippen MR) is 133 cm³/mol. The number of aromatic nitrogens is 2. The summed E-state index contributed by atoms with van der Waals surface area (Å²) in [6.07, 6.45) is 0.242. The van der Waals surface area contributed by atoms with Crippen molar-refractivity contribution >= 4 is 23.1 Å². The van der Waals surface area contributed by atoms with E-state index in [0.717, 1.165) is 22.7 Å². The molecule has 1 N–H and O–H groups in total. The quantitative estimate of drug-likeness (QED) is 0.381. The summed E-state index contributed by atoms with van der Waals surface area (Å²) in [4.78, 5) is 30.4. The fourth-order valence-electron chi connectivity index (χ4n) is 4.90. The zero-order valence-corrected chi connectivity index (χ0v) is 20.4. The molecule has 5 rings (SSSR count). The van der Waals surface area contributed by atoms with Crippen LogP contribution in [0.3, 0.4) is 0 Å². The van der Waals surface area contributed by atoms with Crippen LogP contribution in [0.2, 0.25) is 0 Å². The van der Waals surface area contributed by atoms with Crippen LogP contribution in [-0.2, 0) is 24.2 Å². The summed E-state index contributed by atoms with van der Waals surface area (Å²) >= 11 is 0. The summed E-state index contributed by atoms with van der Waals surface area (Å²) in [5, 5.41) is 9.53. The van der Waals surface area contributed by atoms with Crippen molar-refractivity contribution in [3.8, 4) is 11.4 Å². The first-order valence-corrected chi connectivity index (χ1v) is 11.9. The molecule has 1 aliphatic heterocycles. The van der Waals surface area contributed by atoms with Gasteiger partial charge in [0.15, 0.2) is 11.6 Å². The molecular formula is C28H25F2N3O4. The highest BCUT2D eigenvalue weighted by molar-refractivity contribution is 5.90. The lowest BCUT2D eigenvalue weighted by Crippen LogP contribution is -2.35. The zero-order chi connectivity index (χ0) is 26.3. The first-order valence-electron chi connectivity index (χ1n) is 11.9. The minimum Gasteiger partial charge on any atom is -0.478 e. The lowest BCUT2D eigenvalue weighted by atomic mass is 9.98. The van der Waals surface area contributed by atoms with Crippen LogP contribution in [0.5, 0.6) is 0 Å². The van der Waals surface area contributed by atoms with Crippen LogP contribution in [0.15, 0.2) is 54.6 Å². The third kappa shape index (κ3) is 4.52. The molecule has 0 radical (unpaired) electrons. The van der Waals surface area contributed by atoms with Gasteiger partial charge in [-0.2, -0.15) is 0 Å². The molecule has 0 fully saturated rings. The van der Waals surface area contributed by atoms with Gasteiger partial charge in [-0.3, -0.25) is 0 Å². The Bertz CT molecular complexity index is 1530. The molecule has 0 saturated heterocycles. The third-order valence-corrected chi connectivity index (χ3v) is 6.89. The van der Waals surface area contributed by atoms with E-state index < -0.39 is 23.7 Å². The number of nitrogens with zero attached hydrogens (tertiary/aromatic N) is 3. The number of methoxy groups -OCH3 is 1. The summed E-state index contributed by atoms with van der Waals surface area (Å²) in [5.41, 5.74) is 4.86. The normalized spacial score (nSPS) is 13.9. The minimum absolute atomic E-state index is 0.128. The van der Waals surface area contributed by atoms with E-state index in [0.29, 0.717) is 48.5 Å². The second kappa shape index (κ2) is 9.65. The van der Waals surface area contributed by atoms with Gasteiger partial charge in [0.1, 0.15) is 5.82 Å². The van der Waals surface area contributed by atoms with E-state index in [-0.39, 0.29) is 11.5 Å². The van der Waals surface area contributed by atoms with Gasteiger partial charge in [-0.15, -0.1) is 0 Å². The van der Waals surface area contributed by atoms with Crippen molar-refractivity contribution in [2.24, 2.45) is 0 Å². The van der Waals surface area contributed by atoms with E-state index in [2.05, 4.69) is 0 Å². The minimum atomic E-state index is -1.05. The van der Waals surface area contributed by atoms with Crippen LogP contribution in [0.4, 0.5) is 13.6 Å². The van der Waals surface area contributed by atoms with E-state index in [9.17, 15) is 23.5 Å². The average molecular weight is 506 g/mol. The molecule has 9 heteroatoms. The number of carboxylic acids is 1. The molecule has 3 aromatic carbocycles. The summed E-state index contributed by atoms with van der Waals surface area (Å²) in [5.74, 6) is -2.53. The summed E-state index contributed by atoms with van der Waals surface area (Å²) < 4.78 is 34.4. The fourth-order valence-corrected chi connectivity index (χ4v) is 4.90. The maximum atomic E-state index is 14.0. The monoisotopic (exact) mass is 505 g/mol. The number of rotatable bonds is 5. The van der Waals surface area contributed by atoms with Crippen molar-refractivity contribution in [3.63, 3.8) is 0 Å². The molecule has 190 valence electrons. The number of fused-ring (bicyclic) bond motifs is 3. The molecule has 1 aromatic heterocycles. The number of carbonyl (C=O) groups is 2. The van der Waals surface area contributed by atoms with Gasteiger partial charge in [0, 0.05) is 24.2 Å². The topological polar surface area (TPSA) is 84.7 Å². The maximum absolute atomic E-state index is 14.0. The van der Waals surface area contributed by atoms with Crippen molar-refractivity contribution in [1.82, 2.24) is 14.5 Å². The number of halogens is 2. The van der Waals surface area contributed by atoms with Crippen molar-refractivity contribution in [3.05, 3.63) is 88.5 Å². The van der Waals surface area contributed by atoms with Gasteiger partial charge in [-0.25, -0.2) is 23.4 Å². The van der Waals surface area contributed by atoms with Crippen molar-refractivity contribution in [1.29, 1.82) is 0 Å². The lowest BCUT2D eigenvalue weighted by molar-refractivity contribution is 0.0696. The molecule has 0 saturated carbocycles. The highest BCUT2D eigenvalue weighted by atomic mass is 19.2. The largest absolute Gasteiger partial charge is 0.478 e. The first kappa shape index (κ1) is 24.4. The number of hydrogen-bond acceptors (Lipinski definition) is 4. The van der Waals surface area contributed by atoms with Crippen LogP contribution in [-0.4, -0.2) is 45.3 Å². The summed E-state index contributed by atoms with van der Waals surface area (Å²) in [7, 11) is 1.35. The van der Waals surface area contributed by atoms with Gasteiger partial charge in [0.2, 0.25) is 0 Å². The van der Waals surface area contributed by atoms with E-state index in [1.165, 1.54) is 19.2 Å². The molecule has 0 bridgehead atoms. The number of carboxylic acid groups (broad SMARTS) is 1. The number of benzene rings is 3. The van der Waals surface area contributed by atoms with Crippen LogP contribution in [0, 0.1) is 11.6 Å². The second-order valence-corrected chi connectivity index (χ2v) is 9.22. The summed E-state index contributed by atoms with van der Waals surface area (Å²) in [6.45, 7) is 3.16. The lowest BCUT2D eigenvalue weighted by Gasteiger charge is -2.27. The number of aromatic carboxylic acids is 1. The molecule has 37 heavy (non-hydrogen) atoms. The van der Waals surface area contributed by atoms with E-state index in [4.69, 9.17) is 9.72 Å². The Morgan fingerprint density at radius 1 is 1.11 bits per heavy atom. The Balaban J connectivity index is 1.66. The van der Waals surface area contributed by atoms with Crippen LogP contribution >= 0.6 is 0 Å². The molecule has 2 heterocycles. The van der Waals surface area contributed by atoms with Crippen molar-refractivity contribution in [2.75, 3.05) is 13.7 Å². The number of ether oxygens (including phenoxy) is 1. The van der Waals surface area contributed by atoms with Gasteiger partial charge >= 0.3 is 12.1 Å². The number of amides is 1. The molecule has 0 spiro atoms. The van der Waals surface area contributed by atoms with Gasteiger partial charge < -0.3 is 19.3 Å². The molecule has 0 aliphatic carbocycles. The Labute approximate surface area is 211 Å². The van der Waals surface area contributed by atoms with Crippen LogP contribution in [0.25, 0.3) is 22.4 Å². The Morgan fingerprint density at radius 3 is 2.65 bits per heavy atom. The average Bonchev–Trinajstić information content (AvgIpc) is 3.28. The third-order valence-electron chi connectivity index (χ3n) is 6.89. The predicted octanol–water partition coefficient (Wildman–Crippen LogP) is 5.61. The molecular weight excluding hydrogens is 480 g/mol. The van der Waals surface area contributed by atoms with Gasteiger partial charge in [0.25, 0.3) is 0 Å². The molecule has 4 aromatic rings. The van der Waals surface area contributed by atoms with Crippen molar-refractivity contribution < 1.29 is 28.2 Å². The maximum Gasteiger partial charge on any atom is 0.409 e. The molecule has 7 nitrogen and oxygen atoms in total. The Hall–Kier alpha value is -4.27. The van der Waals surface area contributed by atoms with Gasteiger partial charge in [-0.1, -0.05) is 31.2 Å². The number of hydrogen-bond donors (Lipinski definition) is 1. The molecule has 1 atom stereocenters. The van der Waals surface area contributed by atoms with E-state index >= 15 is 0 Å². The van der Waals surface area contributed by atoms with Crippen LogP contribution < -0.4 is 0 Å². The molecule has 1 amide bonds. The highest BCUT2D eigenvalue weighted by Crippen LogP contribution is 2.34. The van der Waals surface area contributed by atoms with E-state index in [1.807, 2.05) is 23.6 Å². The fraction of sp³-hybridized carbons (Fsp3) is 0.250. The van der Waals surface area contributed by atoms with Gasteiger partial charge in [-0.05, 0) is 53.8 Å². The SMILES string of the molecule is COC(=O)N1CCc2ccc3c(nc(-c4cccc(C(=O)O)c4)n3C[C@@H](C)c3ccc(F)c(F)c3)c2C1. The van der Waals surface area contributed by atoms with Crippen LogP contribution in [0.1, 0.15) is 39.9 Å². The number of imidazole rings is 1. The second-order valence-electron chi connectivity index (χ2n) is 9.22. The number of carbonyl (C=O) groups excluding carboxylic acids is 1. The highest BCUT2D eigenvalue weighted by Gasteiger charge is 2.26. The molecule has 1 aliphatic rings. The standard InChI is InChI=1S/C28H25F2N3O4/c1-16(18-6-8-22(29)23(30)13-18)14-33-24-9-7-17-10-11-32(28(36)37-2)15-21(17)25(24)31-26(33)19-4-3-5-20(12-19)27(34)35/h3-9,12-13,16H,10-11,14-15H2,1-2H3,(H,34,35)/t16-/m1/s1. The molecule has 0 unspecified atom stereocenters. The van der Waals surface area contributed by atoms with Gasteiger partial charge in [0.05, 0.1) is 30.3 Å². The summed E-state index contributed by atoms with van der Waals surface area (Å²) in [6, 6.07) is 14.4. The van der Waals surface area contributed by atoms with E-state index in [1.54, 1.807) is 29.2 Å². The first-order chi connectivity index (χ1) is 17.8. The zero-order valence-electron chi connectivity index (χ0n) is 20.4. The smallest absolute Gasteiger partial charge is 0.409 e. The van der Waals surface area contributed by atoms with Crippen molar-refractivity contribution in [2.45, 2.75) is 32.4 Å². The Kier molecular flexibility index (Phi) is 6.37.